The molecule has 2 heterocycles. The van der Waals surface area contributed by atoms with Gasteiger partial charge in [-0.15, -0.1) is 11.3 Å². The maximum Gasteiger partial charge on any atom is 0.315 e. The lowest BCUT2D eigenvalue weighted by atomic mass is 9.91. The minimum atomic E-state index is -0.148. The zero-order chi connectivity index (χ0) is 14.8. The lowest BCUT2D eigenvalue weighted by Crippen LogP contribution is -2.31. The summed E-state index contributed by atoms with van der Waals surface area (Å²) in [6, 6.07) is 0.587. The molecule has 1 aliphatic carbocycles. The van der Waals surface area contributed by atoms with Crippen LogP contribution < -0.4 is 4.90 Å². The minimum Gasteiger partial charge on any atom is -0.465 e. The van der Waals surface area contributed by atoms with E-state index in [1.807, 2.05) is 18.7 Å². The smallest absolute Gasteiger partial charge is 0.315 e. The number of hydrogen-bond acceptors (Lipinski definition) is 6. The van der Waals surface area contributed by atoms with Gasteiger partial charge in [0.15, 0.2) is 5.13 Å². The van der Waals surface area contributed by atoms with Gasteiger partial charge in [-0.2, -0.15) is 11.8 Å². The first-order chi connectivity index (χ1) is 10.2. The fourth-order valence-electron chi connectivity index (χ4n) is 3.01. The van der Waals surface area contributed by atoms with E-state index in [9.17, 15) is 4.79 Å². The Kier molecular flexibility index (Phi) is 4.74. The second kappa shape index (κ2) is 6.57. The van der Waals surface area contributed by atoms with Crippen molar-refractivity contribution in [2.75, 3.05) is 30.1 Å². The van der Waals surface area contributed by atoms with Gasteiger partial charge in [-0.3, -0.25) is 4.79 Å². The summed E-state index contributed by atoms with van der Waals surface area (Å²) in [6.07, 6.45) is 4.21. The van der Waals surface area contributed by atoms with Crippen molar-refractivity contribution in [3.05, 3.63) is 10.6 Å². The Bertz CT molecular complexity index is 512. The number of nitrogens with zero attached hydrogens (tertiary/aromatic N) is 2. The number of aromatic nitrogens is 1. The second-order valence-corrected chi connectivity index (χ2v) is 7.84. The fourth-order valence-corrected chi connectivity index (χ4v) is 5.48. The van der Waals surface area contributed by atoms with Crippen molar-refractivity contribution < 1.29 is 9.53 Å². The Balaban J connectivity index is 1.81. The molecular weight excluding hydrogens is 304 g/mol. The van der Waals surface area contributed by atoms with Crippen molar-refractivity contribution in [1.82, 2.24) is 4.98 Å². The molecule has 0 spiro atoms. The lowest BCUT2D eigenvalue weighted by Gasteiger charge is -2.22. The van der Waals surface area contributed by atoms with Crippen LogP contribution in [0.2, 0.25) is 0 Å². The van der Waals surface area contributed by atoms with Gasteiger partial charge in [-0.05, 0) is 38.4 Å². The Labute approximate surface area is 134 Å². The molecule has 0 saturated carbocycles. The summed E-state index contributed by atoms with van der Waals surface area (Å²) in [5.41, 5.74) is 0.984. The molecule has 0 amide bonds. The first kappa shape index (κ1) is 15.2. The zero-order valence-corrected chi connectivity index (χ0v) is 14.3. The second-order valence-electron chi connectivity index (χ2n) is 5.63. The number of aryl methyl sites for hydroxylation is 1. The zero-order valence-electron chi connectivity index (χ0n) is 12.6. The van der Waals surface area contributed by atoms with Crippen molar-refractivity contribution in [2.24, 2.45) is 0 Å². The van der Waals surface area contributed by atoms with Crippen LogP contribution in [0.25, 0.3) is 0 Å². The normalized spacial score (nSPS) is 24.7. The van der Waals surface area contributed by atoms with E-state index in [2.05, 4.69) is 11.9 Å². The first-order valence-corrected chi connectivity index (χ1v) is 9.64. The number of carbonyl (C=O) groups excluding carboxylic acids is 1. The number of ether oxygens (including phenoxy) is 1. The molecule has 21 heavy (non-hydrogen) atoms. The number of anilines is 1. The highest BCUT2D eigenvalue weighted by Gasteiger charge is 2.32. The highest BCUT2D eigenvalue weighted by Crippen LogP contribution is 2.39. The van der Waals surface area contributed by atoms with E-state index < -0.39 is 0 Å². The molecule has 2 unspecified atom stereocenters. The number of carbonyl (C=O) groups is 1. The van der Waals surface area contributed by atoms with Crippen molar-refractivity contribution in [3.63, 3.8) is 0 Å². The van der Waals surface area contributed by atoms with Crippen molar-refractivity contribution in [3.8, 4) is 0 Å². The molecular formula is C15H22N2O2S2. The summed E-state index contributed by atoms with van der Waals surface area (Å²) >= 11 is 3.78. The van der Waals surface area contributed by atoms with Crippen LogP contribution in [0.5, 0.6) is 0 Å². The number of thioether (sulfide) groups is 1. The van der Waals surface area contributed by atoms with Gasteiger partial charge in [0, 0.05) is 23.7 Å². The first-order valence-electron chi connectivity index (χ1n) is 7.67. The maximum atomic E-state index is 12.1. The highest BCUT2D eigenvalue weighted by molar-refractivity contribution is 7.99. The fraction of sp³-hybridized carbons (Fsp3) is 0.733. The van der Waals surface area contributed by atoms with E-state index in [4.69, 9.17) is 9.72 Å². The van der Waals surface area contributed by atoms with Crippen LogP contribution >= 0.6 is 23.1 Å². The number of hydrogen-bond donors (Lipinski definition) is 0. The van der Waals surface area contributed by atoms with Gasteiger partial charge in [-0.25, -0.2) is 4.98 Å². The van der Waals surface area contributed by atoms with E-state index in [1.165, 1.54) is 22.8 Å². The molecule has 1 fully saturated rings. The Hall–Kier alpha value is -0.750. The summed E-state index contributed by atoms with van der Waals surface area (Å²) in [4.78, 5) is 20.5. The predicted molar refractivity (Wildman–Crippen MR) is 88.6 cm³/mol. The molecule has 1 saturated heterocycles. The van der Waals surface area contributed by atoms with Crippen LogP contribution in [-0.4, -0.2) is 42.2 Å². The lowest BCUT2D eigenvalue weighted by molar-refractivity contribution is -0.145. The van der Waals surface area contributed by atoms with Gasteiger partial charge in [-0.1, -0.05) is 0 Å². The van der Waals surface area contributed by atoms with Gasteiger partial charge in [0.05, 0.1) is 12.3 Å². The highest BCUT2D eigenvalue weighted by atomic mass is 32.2. The van der Waals surface area contributed by atoms with Crippen molar-refractivity contribution in [1.29, 1.82) is 0 Å². The largest absolute Gasteiger partial charge is 0.465 e. The van der Waals surface area contributed by atoms with Gasteiger partial charge in [0.1, 0.15) is 5.92 Å². The van der Waals surface area contributed by atoms with Crippen LogP contribution in [0, 0.1) is 0 Å². The summed E-state index contributed by atoms with van der Waals surface area (Å²) in [6.45, 7) is 2.31. The molecule has 0 aromatic carbocycles. The maximum absolute atomic E-state index is 12.1. The van der Waals surface area contributed by atoms with Gasteiger partial charge in [0.2, 0.25) is 0 Å². The summed E-state index contributed by atoms with van der Waals surface area (Å²) in [5, 5.41) is 1.07. The summed E-state index contributed by atoms with van der Waals surface area (Å²) in [7, 11) is 2.14. The van der Waals surface area contributed by atoms with Crippen LogP contribution in [-0.2, 0) is 16.0 Å². The Morgan fingerprint density at radius 3 is 3.05 bits per heavy atom. The topological polar surface area (TPSA) is 42.4 Å². The number of rotatable bonds is 4. The van der Waals surface area contributed by atoms with E-state index in [1.54, 1.807) is 11.3 Å². The molecule has 3 rings (SSSR count). The minimum absolute atomic E-state index is 0.102. The van der Waals surface area contributed by atoms with E-state index >= 15 is 0 Å². The molecule has 116 valence electrons. The third kappa shape index (κ3) is 3.06. The van der Waals surface area contributed by atoms with Crippen molar-refractivity contribution >= 4 is 34.2 Å². The van der Waals surface area contributed by atoms with E-state index in [0.29, 0.717) is 12.6 Å². The molecule has 1 aliphatic heterocycles. The molecule has 6 heteroatoms. The number of fused-ring (bicyclic) bond motifs is 1. The SMILES string of the molecule is CCOC(=O)C1CCCc2sc(N(C)C3CCSC3)nc21. The summed E-state index contributed by atoms with van der Waals surface area (Å²) < 4.78 is 5.22. The average molecular weight is 326 g/mol. The van der Waals surface area contributed by atoms with Crippen LogP contribution in [0.1, 0.15) is 42.7 Å². The monoisotopic (exact) mass is 326 g/mol. The van der Waals surface area contributed by atoms with Crippen LogP contribution in [0.4, 0.5) is 5.13 Å². The summed E-state index contributed by atoms with van der Waals surface area (Å²) in [5.74, 6) is 2.17. The third-order valence-corrected chi connectivity index (χ3v) is 6.64. The Morgan fingerprint density at radius 1 is 1.48 bits per heavy atom. The van der Waals surface area contributed by atoms with Crippen LogP contribution in [0.3, 0.4) is 0 Å². The molecule has 2 aliphatic rings. The van der Waals surface area contributed by atoms with Gasteiger partial charge >= 0.3 is 5.97 Å². The number of esters is 1. The molecule has 0 bridgehead atoms. The quantitative estimate of drug-likeness (QED) is 0.796. The average Bonchev–Trinajstić information content (AvgIpc) is 3.15. The number of thiazole rings is 1. The molecule has 0 radical (unpaired) electrons. The van der Waals surface area contributed by atoms with Gasteiger partial charge < -0.3 is 9.64 Å². The molecule has 1 aromatic heterocycles. The van der Waals surface area contributed by atoms with Gasteiger partial charge in [0.25, 0.3) is 0 Å². The molecule has 1 aromatic rings. The molecule has 0 N–H and O–H groups in total. The third-order valence-electron chi connectivity index (χ3n) is 4.27. The predicted octanol–water partition coefficient (Wildman–Crippen LogP) is 3.07. The van der Waals surface area contributed by atoms with E-state index in [-0.39, 0.29) is 11.9 Å². The molecule has 4 nitrogen and oxygen atoms in total. The van der Waals surface area contributed by atoms with E-state index in [0.717, 1.165) is 30.1 Å². The van der Waals surface area contributed by atoms with Crippen molar-refractivity contribution in [2.45, 2.75) is 44.6 Å². The molecule has 2 atom stereocenters. The van der Waals surface area contributed by atoms with Crippen LogP contribution in [0.15, 0.2) is 0 Å². The standard InChI is InChI=1S/C15H22N2O2S2/c1-3-19-14(18)11-5-4-6-12-13(11)16-15(21-12)17(2)10-7-8-20-9-10/h10-11H,3-9H2,1-2H3. The Morgan fingerprint density at radius 2 is 2.33 bits per heavy atom.